The number of ether oxygens (including phenoxy) is 1. The molecule has 0 spiro atoms. The fourth-order valence-corrected chi connectivity index (χ4v) is 2.35. The van der Waals surface area contributed by atoms with E-state index in [0.717, 1.165) is 6.42 Å². The molecule has 1 aliphatic rings. The van der Waals surface area contributed by atoms with Crippen LogP contribution in [-0.4, -0.2) is 35.9 Å². The third-order valence-corrected chi connectivity index (χ3v) is 6.65. The quantitative estimate of drug-likeness (QED) is 0.689. The van der Waals surface area contributed by atoms with Crippen LogP contribution in [0.3, 0.4) is 0 Å². The largest absolute Gasteiger partial charge is 0.465 e. The van der Waals surface area contributed by atoms with Crippen LogP contribution < -0.4 is 0 Å². The summed E-state index contributed by atoms with van der Waals surface area (Å²) in [6.45, 7) is 7.06. The minimum atomic E-state index is -1.13. The van der Waals surface area contributed by atoms with Crippen LogP contribution in [0, 0.1) is 0 Å². The highest BCUT2D eigenvalue weighted by Crippen LogP contribution is 2.55. The van der Waals surface area contributed by atoms with Crippen LogP contribution >= 0.6 is 10.3 Å². The lowest BCUT2D eigenvalue weighted by atomic mass is 10.2. The maximum absolute atomic E-state index is 11.1. The molecule has 0 N–H and O–H groups in total. The van der Waals surface area contributed by atoms with Gasteiger partial charge in [0.1, 0.15) is 0 Å². The van der Waals surface area contributed by atoms with Gasteiger partial charge in [0.05, 0.1) is 19.1 Å². The summed E-state index contributed by atoms with van der Waals surface area (Å²) in [5.41, 5.74) is 0. The third kappa shape index (κ3) is 3.38. The Bertz CT molecular complexity index is 243. The molecular formula is C11H22O3S. The molecule has 0 bridgehead atoms. The smallest absolute Gasteiger partial charge is 0.308 e. The maximum Gasteiger partial charge on any atom is 0.308 e. The Morgan fingerprint density at radius 2 is 2.00 bits per heavy atom. The van der Waals surface area contributed by atoms with Crippen LogP contribution in [0.5, 0.6) is 0 Å². The maximum atomic E-state index is 11.1. The Morgan fingerprint density at radius 3 is 2.47 bits per heavy atom. The Morgan fingerprint density at radius 1 is 1.40 bits per heavy atom. The van der Waals surface area contributed by atoms with Crippen molar-refractivity contribution in [2.45, 2.75) is 44.5 Å². The first-order valence-electron chi connectivity index (χ1n) is 5.29. The molecule has 1 atom stereocenters. The van der Waals surface area contributed by atoms with Gasteiger partial charge in [0, 0.05) is 11.2 Å². The molecule has 90 valence electrons. The van der Waals surface area contributed by atoms with Crippen LogP contribution in [0.2, 0.25) is 0 Å². The van der Waals surface area contributed by atoms with E-state index < -0.39 is 10.3 Å². The second-order valence-corrected chi connectivity index (χ2v) is 9.16. The second-order valence-electron chi connectivity index (χ2n) is 5.28. The zero-order valence-corrected chi connectivity index (χ0v) is 11.1. The van der Waals surface area contributed by atoms with E-state index >= 15 is 0 Å². The number of rotatable bonds is 2. The topological polar surface area (TPSA) is 35.5 Å². The van der Waals surface area contributed by atoms with E-state index in [-0.39, 0.29) is 16.8 Å². The highest BCUT2D eigenvalue weighted by atomic mass is 32.3. The SMILES string of the molecule is CC(C)(C)S(C)(C)OC1CCOC(=O)C1. The molecule has 0 amide bonds. The molecule has 1 rings (SSSR count). The summed E-state index contributed by atoms with van der Waals surface area (Å²) in [7, 11) is -1.13. The van der Waals surface area contributed by atoms with Crippen molar-refractivity contribution in [1.82, 2.24) is 0 Å². The van der Waals surface area contributed by atoms with E-state index in [9.17, 15) is 4.79 Å². The van der Waals surface area contributed by atoms with Gasteiger partial charge < -0.3 is 8.92 Å². The summed E-state index contributed by atoms with van der Waals surface area (Å²) >= 11 is 0. The second kappa shape index (κ2) is 4.34. The minimum absolute atomic E-state index is 0.0514. The van der Waals surface area contributed by atoms with Gasteiger partial charge in [-0.05, 0) is 12.5 Å². The van der Waals surface area contributed by atoms with Crippen LogP contribution in [-0.2, 0) is 13.7 Å². The highest BCUT2D eigenvalue weighted by Gasteiger charge is 2.33. The Kier molecular flexibility index (Phi) is 3.71. The van der Waals surface area contributed by atoms with Gasteiger partial charge in [0.2, 0.25) is 0 Å². The van der Waals surface area contributed by atoms with E-state index in [2.05, 4.69) is 33.3 Å². The Labute approximate surface area is 94.0 Å². The summed E-state index contributed by atoms with van der Waals surface area (Å²) in [6, 6.07) is 0. The van der Waals surface area contributed by atoms with Crippen molar-refractivity contribution in [3.8, 4) is 0 Å². The van der Waals surface area contributed by atoms with E-state index in [0.29, 0.717) is 13.0 Å². The predicted octanol–water partition coefficient (Wildman–Crippen LogP) is 2.49. The Balaban J connectivity index is 2.57. The van der Waals surface area contributed by atoms with E-state index in [4.69, 9.17) is 8.92 Å². The van der Waals surface area contributed by atoms with E-state index in [1.807, 2.05) is 0 Å². The van der Waals surface area contributed by atoms with E-state index in [1.54, 1.807) is 0 Å². The summed E-state index contributed by atoms with van der Waals surface area (Å²) < 4.78 is 11.1. The number of carbonyl (C=O) groups is 1. The molecule has 0 radical (unpaired) electrons. The zero-order chi connectivity index (χ0) is 11.7. The normalized spacial score (nSPS) is 24.9. The lowest BCUT2D eigenvalue weighted by molar-refractivity contribution is -0.150. The van der Waals surface area contributed by atoms with Gasteiger partial charge in [0.25, 0.3) is 0 Å². The average molecular weight is 234 g/mol. The number of esters is 1. The molecule has 4 heteroatoms. The molecule has 0 aliphatic carbocycles. The monoisotopic (exact) mass is 234 g/mol. The molecule has 1 aliphatic heterocycles. The van der Waals surface area contributed by atoms with Crippen molar-refractivity contribution in [3.63, 3.8) is 0 Å². The molecule has 0 aromatic carbocycles. The fourth-order valence-electron chi connectivity index (χ4n) is 1.22. The Hall–Kier alpha value is -0.220. The zero-order valence-electron chi connectivity index (χ0n) is 10.3. The molecule has 0 saturated carbocycles. The van der Waals surface area contributed by atoms with Gasteiger partial charge in [-0.15, -0.1) is 10.3 Å². The van der Waals surface area contributed by atoms with Gasteiger partial charge in [-0.2, -0.15) is 0 Å². The number of hydrogen-bond acceptors (Lipinski definition) is 3. The summed E-state index contributed by atoms with van der Waals surface area (Å²) in [5.74, 6) is -0.129. The molecule has 1 heterocycles. The van der Waals surface area contributed by atoms with Crippen molar-refractivity contribution in [2.75, 3.05) is 19.1 Å². The van der Waals surface area contributed by atoms with Gasteiger partial charge in [-0.25, -0.2) is 0 Å². The van der Waals surface area contributed by atoms with Crippen molar-refractivity contribution < 1.29 is 13.7 Å². The lowest BCUT2D eigenvalue weighted by Crippen LogP contribution is -2.33. The fraction of sp³-hybridized carbons (Fsp3) is 0.909. The molecule has 1 unspecified atom stereocenters. The van der Waals surface area contributed by atoms with Crippen LogP contribution in [0.15, 0.2) is 0 Å². The first-order valence-corrected chi connectivity index (χ1v) is 7.66. The van der Waals surface area contributed by atoms with Crippen molar-refractivity contribution >= 4 is 16.3 Å². The average Bonchev–Trinajstić information content (AvgIpc) is 2.00. The molecule has 1 saturated heterocycles. The molecule has 0 aromatic rings. The first-order chi connectivity index (χ1) is 6.72. The van der Waals surface area contributed by atoms with Crippen LogP contribution in [0.4, 0.5) is 0 Å². The molecule has 1 fully saturated rings. The van der Waals surface area contributed by atoms with Crippen molar-refractivity contribution in [3.05, 3.63) is 0 Å². The summed E-state index contributed by atoms with van der Waals surface area (Å²) in [5, 5.41) is 0. The predicted molar refractivity (Wildman–Crippen MR) is 64.3 cm³/mol. The van der Waals surface area contributed by atoms with Crippen molar-refractivity contribution in [1.29, 1.82) is 0 Å². The minimum Gasteiger partial charge on any atom is -0.465 e. The third-order valence-electron chi connectivity index (χ3n) is 2.95. The first kappa shape index (κ1) is 12.8. The standard InChI is InChI=1S/C11H22O3S/c1-11(2,3)15(4,5)14-9-6-7-13-10(12)8-9/h9H,6-8H2,1-5H3. The van der Waals surface area contributed by atoms with Gasteiger partial charge in [-0.1, -0.05) is 20.8 Å². The number of carbonyl (C=O) groups excluding carboxylic acids is 1. The molecule has 15 heavy (non-hydrogen) atoms. The molecular weight excluding hydrogens is 212 g/mol. The molecule has 0 aromatic heterocycles. The highest BCUT2D eigenvalue weighted by molar-refractivity contribution is 8.29. The number of cyclic esters (lactones) is 1. The number of hydrogen-bond donors (Lipinski definition) is 0. The van der Waals surface area contributed by atoms with Gasteiger partial charge >= 0.3 is 5.97 Å². The van der Waals surface area contributed by atoms with Crippen LogP contribution in [0.25, 0.3) is 0 Å². The van der Waals surface area contributed by atoms with E-state index in [1.165, 1.54) is 0 Å². The summed E-state index contributed by atoms with van der Waals surface area (Å²) in [4.78, 5) is 11.1. The summed E-state index contributed by atoms with van der Waals surface area (Å²) in [6.07, 6.45) is 5.61. The lowest BCUT2D eigenvalue weighted by Gasteiger charge is -2.46. The van der Waals surface area contributed by atoms with Gasteiger partial charge in [0.15, 0.2) is 0 Å². The molecule has 3 nitrogen and oxygen atoms in total. The van der Waals surface area contributed by atoms with Crippen LogP contribution in [0.1, 0.15) is 33.6 Å². The van der Waals surface area contributed by atoms with Crippen molar-refractivity contribution in [2.24, 2.45) is 0 Å². The van der Waals surface area contributed by atoms with Gasteiger partial charge in [-0.3, -0.25) is 4.79 Å².